The van der Waals surface area contributed by atoms with Crippen LogP contribution in [0.5, 0.6) is 0 Å². The highest BCUT2D eigenvalue weighted by molar-refractivity contribution is 8.00. The molecule has 2 aromatic rings. The standard InChI is InChI=1S/C12H12N4S/c1-9(8-13)17-12-15-14-11(16(12)2)10-6-4-3-5-7-10/h3-7,9H,1-2H3. The predicted octanol–water partition coefficient (Wildman–Crippen LogP) is 2.49. The average Bonchev–Trinajstić information content (AvgIpc) is 2.72. The van der Waals surface area contributed by atoms with Crippen molar-refractivity contribution in [2.24, 2.45) is 7.05 Å². The molecular formula is C12H12N4S. The van der Waals surface area contributed by atoms with Crippen LogP contribution in [0.25, 0.3) is 11.4 Å². The van der Waals surface area contributed by atoms with Gasteiger partial charge in [0.2, 0.25) is 0 Å². The maximum absolute atomic E-state index is 8.78. The van der Waals surface area contributed by atoms with Crippen molar-refractivity contribution < 1.29 is 0 Å². The smallest absolute Gasteiger partial charge is 0.192 e. The number of hydrogen-bond donors (Lipinski definition) is 0. The fraction of sp³-hybridized carbons (Fsp3) is 0.250. The number of nitriles is 1. The maximum atomic E-state index is 8.78. The van der Waals surface area contributed by atoms with E-state index in [2.05, 4.69) is 16.3 Å². The summed E-state index contributed by atoms with van der Waals surface area (Å²) in [6.45, 7) is 1.85. The van der Waals surface area contributed by atoms with Crippen molar-refractivity contribution in [3.05, 3.63) is 30.3 Å². The highest BCUT2D eigenvalue weighted by Crippen LogP contribution is 2.24. The summed E-state index contributed by atoms with van der Waals surface area (Å²) >= 11 is 1.41. The molecular weight excluding hydrogens is 232 g/mol. The summed E-state index contributed by atoms with van der Waals surface area (Å²) in [6, 6.07) is 12.1. The zero-order valence-corrected chi connectivity index (χ0v) is 10.5. The third-order valence-electron chi connectivity index (χ3n) is 2.33. The molecule has 4 nitrogen and oxygen atoms in total. The summed E-state index contributed by atoms with van der Waals surface area (Å²) in [5.41, 5.74) is 1.03. The molecule has 1 heterocycles. The van der Waals surface area contributed by atoms with E-state index in [9.17, 15) is 0 Å². The first kappa shape index (κ1) is 11.7. The van der Waals surface area contributed by atoms with Crippen molar-refractivity contribution in [2.45, 2.75) is 17.3 Å². The topological polar surface area (TPSA) is 54.5 Å². The van der Waals surface area contributed by atoms with E-state index in [1.54, 1.807) is 0 Å². The molecule has 86 valence electrons. The van der Waals surface area contributed by atoms with Crippen molar-refractivity contribution in [1.82, 2.24) is 14.8 Å². The number of benzene rings is 1. The summed E-state index contributed by atoms with van der Waals surface area (Å²) in [5.74, 6) is 0.818. The summed E-state index contributed by atoms with van der Waals surface area (Å²) in [7, 11) is 1.91. The molecule has 0 saturated carbocycles. The molecule has 1 unspecified atom stereocenters. The zero-order chi connectivity index (χ0) is 12.3. The van der Waals surface area contributed by atoms with Gasteiger partial charge < -0.3 is 4.57 Å². The highest BCUT2D eigenvalue weighted by Gasteiger charge is 2.13. The minimum atomic E-state index is -0.124. The molecule has 0 aliphatic carbocycles. The van der Waals surface area contributed by atoms with Crippen LogP contribution < -0.4 is 0 Å². The Hall–Kier alpha value is -1.80. The normalized spacial score (nSPS) is 12.1. The fourth-order valence-electron chi connectivity index (χ4n) is 1.44. The largest absolute Gasteiger partial charge is 0.305 e. The first-order chi connectivity index (χ1) is 8.22. The van der Waals surface area contributed by atoms with Crippen LogP contribution in [-0.4, -0.2) is 20.0 Å². The molecule has 0 aliphatic heterocycles. The lowest BCUT2D eigenvalue weighted by Crippen LogP contribution is -1.98. The number of aromatic nitrogens is 3. The Balaban J connectivity index is 2.31. The average molecular weight is 244 g/mol. The summed E-state index contributed by atoms with van der Waals surface area (Å²) in [4.78, 5) is 0. The van der Waals surface area contributed by atoms with E-state index in [-0.39, 0.29) is 5.25 Å². The second kappa shape index (κ2) is 5.02. The lowest BCUT2D eigenvalue weighted by atomic mass is 10.2. The molecule has 1 atom stereocenters. The molecule has 0 fully saturated rings. The van der Waals surface area contributed by atoms with Crippen LogP contribution in [0.1, 0.15) is 6.92 Å². The Morgan fingerprint density at radius 2 is 2.00 bits per heavy atom. The molecule has 0 bridgehead atoms. The molecule has 0 N–H and O–H groups in total. The second-order valence-electron chi connectivity index (χ2n) is 3.62. The van der Waals surface area contributed by atoms with Gasteiger partial charge in [0.25, 0.3) is 0 Å². The summed E-state index contributed by atoms with van der Waals surface area (Å²) in [5, 5.41) is 17.7. The first-order valence-corrected chi connectivity index (χ1v) is 6.11. The summed E-state index contributed by atoms with van der Waals surface area (Å²) in [6.07, 6.45) is 0. The molecule has 1 aromatic heterocycles. The van der Waals surface area contributed by atoms with Crippen LogP contribution in [-0.2, 0) is 7.05 Å². The molecule has 2 rings (SSSR count). The van der Waals surface area contributed by atoms with Gasteiger partial charge in [0.05, 0.1) is 11.3 Å². The monoisotopic (exact) mass is 244 g/mol. The summed E-state index contributed by atoms with van der Waals surface area (Å²) < 4.78 is 1.91. The maximum Gasteiger partial charge on any atom is 0.192 e. The first-order valence-electron chi connectivity index (χ1n) is 5.23. The fourth-order valence-corrected chi connectivity index (χ4v) is 2.14. The van der Waals surface area contributed by atoms with Gasteiger partial charge in [-0.1, -0.05) is 42.1 Å². The van der Waals surface area contributed by atoms with Gasteiger partial charge in [-0.25, -0.2) is 0 Å². The van der Waals surface area contributed by atoms with Crippen LogP contribution in [0.2, 0.25) is 0 Å². The van der Waals surface area contributed by atoms with Crippen LogP contribution in [0.15, 0.2) is 35.5 Å². The Morgan fingerprint density at radius 1 is 1.29 bits per heavy atom. The predicted molar refractivity (Wildman–Crippen MR) is 67.4 cm³/mol. The van der Waals surface area contributed by atoms with Gasteiger partial charge in [-0.2, -0.15) is 5.26 Å². The van der Waals surface area contributed by atoms with Gasteiger partial charge in [-0.3, -0.25) is 0 Å². The molecule has 17 heavy (non-hydrogen) atoms. The van der Waals surface area contributed by atoms with E-state index in [0.717, 1.165) is 16.5 Å². The Bertz CT molecular complexity index is 541. The lowest BCUT2D eigenvalue weighted by Gasteiger charge is -2.04. The Labute approximate surface area is 104 Å². The van der Waals surface area contributed by atoms with Crippen molar-refractivity contribution >= 4 is 11.8 Å². The van der Waals surface area contributed by atoms with Gasteiger partial charge in [0.15, 0.2) is 11.0 Å². The van der Waals surface area contributed by atoms with Crippen LogP contribution in [0, 0.1) is 11.3 Å². The minimum Gasteiger partial charge on any atom is -0.305 e. The van der Waals surface area contributed by atoms with E-state index in [4.69, 9.17) is 5.26 Å². The molecule has 0 spiro atoms. The molecule has 0 saturated heterocycles. The lowest BCUT2D eigenvalue weighted by molar-refractivity contribution is 0.792. The Morgan fingerprint density at radius 3 is 2.65 bits per heavy atom. The molecule has 0 amide bonds. The van der Waals surface area contributed by atoms with E-state index in [1.807, 2.05) is 48.9 Å². The Kier molecular flexibility index (Phi) is 3.45. The number of hydrogen-bond acceptors (Lipinski definition) is 4. The zero-order valence-electron chi connectivity index (χ0n) is 9.66. The van der Waals surface area contributed by atoms with Crippen molar-refractivity contribution in [1.29, 1.82) is 5.26 Å². The highest BCUT2D eigenvalue weighted by atomic mass is 32.2. The van der Waals surface area contributed by atoms with Crippen molar-refractivity contribution in [3.8, 4) is 17.5 Å². The van der Waals surface area contributed by atoms with E-state index >= 15 is 0 Å². The molecule has 1 aromatic carbocycles. The quantitative estimate of drug-likeness (QED) is 0.778. The van der Waals surface area contributed by atoms with Gasteiger partial charge in [0.1, 0.15) is 0 Å². The van der Waals surface area contributed by atoms with Crippen LogP contribution in [0.3, 0.4) is 0 Å². The van der Waals surface area contributed by atoms with Crippen molar-refractivity contribution in [3.63, 3.8) is 0 Å². The number of nitrogens with zero attached hydrogens (tertiary/aromatic N) is 4. The van der Waals surface area contributed by atoms with Gasteiger partial charge in [0, 0.05) is 12.6 Å². The van der Waals surface area contributed by atoms with Gasteiger partial charge in [-0.05, 0) is 6.92 Å². The molecule has 5 heteroatoms. The van der Waals surface area contributed by atoms with Crippen LogP contribution in [0.4, 0.5) is 0 Å². The number of rotatable bonds is 3. The van der Waals surface area contributed by atoms with E-state index in [0.29, 0.717) is 0 Å². The van der Waals surface area contributed by atoms with Crippen molar-refractivity contribution in [2.75, 3.05) is 0 Å². The van der Waals surface area contributed by atoms with E-state index < -0.39 is 0 Å². The van der Waals surface area contributed by atoms with Gasteiger partial charge in [-0.15, -0.1) is 10.2 Å². The van der Waals surface area contributed by atoms with Gasteiger partial charge >= 0.3 is 0 Å². The van der Waals surface area contributed by atoms with Crippen LogP contribution >= 0.6 is 11.8 Å². The number of thioether (sulfide) groups is 1. The molecule has 0 aliphatic rings. The minimum absolute atomic E-state index is 0.124. The molecule has 0 radical (unpaired) electrons. The second-order valence-corrected chi connectivity index (χ2v) is 4.93. The SMILES string of the molecule is CC(C#N)Sc1nnc(-c2ccccc2)n1C. The third kappa shape index (κ3) is 2.48. The van der Waals surface area contributed by atoms with E-state index in [1.165, 1.54) is 11.8 Å². The third-order valence-corrected chi connectivity index (χ3v) is 3.36.